The lowest BCUT2D eigenvalue weighted by Gasteiger charge is -2.30. The molecule has 5 rings (SSSR count). The SMILES string of the molecule is O=C(CC1Cc2ccccc21)Nc1nc2ccc(C(F)(F)F)nc2n1C1CCC1. The number of halogens is 3. The normalized spacial score (nSPS) is 18.8. The Morgan fingerprint density at radius 2 is 1.93 bits per heavy atom. The molecule has 1 aromatic carbocycles. The molecule has 1 saturated carbocycles. The number of hydrogen-bond acceptors (Lipinski definition) is 3. The third kappa shape index (κ3) is 3.16. The minimum atomic E-state index is -4.52. The number of alkyl halides is 3. The van der Waals surface area contributed by atoms with Gasteiger partial charge in [-0.05, 0) is 54.9 Å². The molecule has 2 heterocycles. The average Bonchev–Trinajstić information content (AvgIpc) is 2.95. The van der Waals surface area contributed by atoms with E-state index in [0.717, 1.165) is 31.7 Å². The van der Waals surface area contributed by atoms with Gasteiger partial charge in [0.1, 0.15) is 11.2 Å². The number of carbonyl (C=O) groups excluding carboxylic acids is 1. The number of amides is 1. The quantitative estimate of drug-likeness (QED) is 0.682. The summed E-state index contributed by atoms with van der Waals surface area (Å²) in [6.07, 6.45) is -0.671. The van der Waals surface area contributed by atoms with Crippen molar-refractivity contribution in [3.8, 4) is 0 Å². The summed E-state index contributed by atoms with van der Waals surface area (Å²) in [6.45, 7) is 0. The third-order valence-corrected chi connectivity index (χ3v) is 5.91. The minimum absolute atomic E-state index is 0.00992. The number of rotatable bonds is 4. The molecule has 0 bridgehead atoms. The number of carbonyl (C=O) groups is 1. The summed E-state index contributed by atoms with van der Waals surface area (Å²) in [6, 6.07) is 10.3. The van der Waals surface area contributed by atoms with Crippen LogP contribution in [-0.4, -0.2) is 20.4 Å². The van der Waals surface area contributed by atoms with Gasteiger partial charge in [0.15, 0.2) is 5.65 Å². The number of pyridine rings is 1. The fraction of sp³-hybridized carbons (Fsp3) is 0.381. The first-order valence-electron chi connectivity index (χ1n) is 9.74. The van der Waals surface area contributed by atoms with Crippen LogP contribution in [0.4, 0.5) is 19.1 Å². The van der Waals surface area contributed by atoms with E-state index in [0.29, 0.717) is 11.9 Å². The Bertz CT molecular complexity index is 1100. The first kappa shape index (κ1) is 18.1. The molecule has 3 aromatic rings. The Kier molecular flexibility index (Phi) is 4.11. The van der Waals surface area contributed by atoms with Crippen LogP contribution >= 0.6 is 0 Å². The largest absolute Gasteiger partial charge is 0.433 e. The number of benzene rings is 1. The van der Waals surface area contributed by atoms with Crippen molar-refractivity contribution in [3.63, 3.8) is 0 Å². The monoisotopic (exact) mass is 400 g/mol. The van der Waals surface area contributed by atoms with Gasteiger partial charge in [0.25, 0.3) is 0 Å². The van der Waals surface area contributed by atoms with E-state index < -0.39 is 11.9 Å². The highest BCUT2D eigenvalue weighted by atomic mass is 19.4. The van der Waals surface area contributed by atoms with Gasteiger partial charge in [-0.2, -0.15) is 13.2 Å². The zero-order valence-electron chi connectivity index (χ0n) is 15.5. The van der Waals surface area contributed by atoms with Crippen LogP contribution in [0.2, 0.25) is 0 Å². The number of nitrogens with zero attached hydrogens (tertiary/aromatic N) is 3. The summed E-state index contributed by atoms with van der Waals surface area (Å²) < 4.78 is 41.0. The first-order valence-corrected chi connectivity index (χ1v) is 9.74. The second-order valence-electron chi connectivity index (χ2n) is 7.78. The van der Waals surface area contributed by atoms with Gasteiger partial charge in [0.2, 0.25) is 11.9 Å². The molecule has 0 saturated heterocycles. The van der Waals surface area contributed by atoms with Crippen molar-refractivity contribution in [2.45, 2.75) is 50.2 Å². The number of aromatic nitrogens is 3. The van der Waals surface area contributed by atoms with Gasteiger partial charge < -0.3 is 0 Å². The predicted molar refractivity (Wildman–Crippen MR) is 102 cm³/mol. The molecule has 5 nitrogen and oxygen atoms in total. The summed E-state index contributed by atoms with van der Waals surface area (Å²) in [5.74, 6) is 0.272. The second-order valence-corrected chi connectivity index (χ2v) is 7.78. The van der Waals surface area contributed by atoms with Crippen LogP contribution in [0, 0.1) is 0 Å². The highest BCUT2D eigenvalue weighted by Gasteiger charge is 2.34. The van der Waals surface area contributed by atoms with Crippen molar-refractivity contribution < 1.29 is 18.0 Å². The fourth-order valence-corrected chi connectivity index (χ4v) is 4.16. The van der Waals surface area contributed by atoms with E-state index in [4.69, 9.17) is 0 Å². The van der Waals surface area contributed by atoms with E-state index in [-0.39, 0.29) is 29.5 Å². The summed E-state index contributed by atoms with van der Waals surface area (Å²) in [7, 11) is 0. The fourth-order valence-electron chi connectivity index (χ4n) is 4.16. The lowest BCUT2D eigenvalue weighted by molar-refractivity contribution is -0.141. The van der Waals surface area contributed by atoms with Crippen molar-refractivity contribution in [1.82, 2.24) is 14.5 Å². The summed E-state index contributed by atoms with van der Waals surface area (Å²) in [5.41, 5.74) is 2.03. The molecule has 1 amide bonds. The molecule has 8 heteroatoms. The lowest BCUT2D eigenvalue weighted by Crippen LogP contribution is -2.26. The Morgan fingerprint density at radius 1 is 1.14 bits per heavy atom. The zero-order chi connectivity index (χ0) is 20.2. The molecule has 2 aliphatic carbocycles. The molecule has 2 aromatic heterocycles. The highest BCUT2D eigenvalue weighted by molar-refractivity contribution is 5.92. The van der Waals surface area contributed by atoms with E-state index in [1.54, 1.807) is 4.57 Å². The van der Waals surface area contributed by atoms with Gasteiger partial charge in [-0.15, -0.1) is 0 Å². The highest BCUT2D eigenvalue weighted by Crippen LogP contribution is 2.39. The van der Waals surface area contributed by atoms with Gasteiger partial charge in [0, 0.05) is 12.5 Å². The predicted octanol–water partition coefficient (Wildman–Crippen LogP) is 4.84. The van der Waals surface area contributed by atoms with Gasteiger partial charge in [-0.25, -0.2) is 9.97 Å². The van der Waals surface area contributed by atoms with Gasteiger partial charge >= 0.3 is 6.18 Å². The van der Waals surface area contributed by atoms with Crippen molar-refractivity contribution >= 4 is 23.0 Å². The first-order chi connectivity index (χ1) is 13.9. The number of imidazole rings is 1. The Morgan fingerprint density at radius 3 is 2.62 bits per heavy atom. The molecule has 1 fully saturated rings. The molecule has 0 aliphatic heterocycles. The molecule has 1 unspecified atom stereocenters. The number of fused-ring (bicyclic) bond motifs is 2. The maximum Gasteiger partial charge on any atom is 0.433 e. The molecular formula is C21H19F3N4O. The molecular weight excluding hydrogens is 381 g/mol. The maximum atomic E-state index is 13.1. The van der Waals surface area contributed by atoms with Crippen LogP contribution in [0.5, 0.6) is 0 Å². The molecule has 29 heavy (non-hydrogen) atoms. The number of anilines is 1. The van der Waals surface area contributed by atoms with Gasteiger partial charge in [-0.1, -0.05) is 24.3 Å². The van der Waals surface area contributed by atoms with Crippen LogP contribution in [0.1, 0.15) is 54.5 Å². The van der Waals surface area contributed by atoms with Crippen LogP contribution < -0.4 is 5.32 Å². The van der Waals surface area contributed by atoms with E-state index in [1.807, 2.05) is 18.2 Å². The van der Waals surface area contributed by atoms with E-state index >= 15 is 0 Å². The average molecular weight is 400 g/mol. The van der Waals surface area contributed by atoms with Crippen LogP contribution in [0.15, 0.2) is 36.4 Å². The second kappa shape index (κ2) is 6.57. The standard InChI is InChI=1S/C21H19F3N4O/c22-21(23,24)17-9-8-16-19(26-17)28(14-5-3-6-14)20(25-16)27-18(29)11-13-10-12-4-1-2-7-15(12)13/h1-2,4,7-9,13-14H,3,5-6,10-11H2,(H,25,27,29). The number of hydrogen-bond donors (Lipinski definition) is 1. The zero-order valence-corrected chi connectivity index (χ0v) is 15.5. The van der Waals surface area contributed by atoms with E-state index in [2.05, 4.69) is 21.4 Å². The van der Waals surface area contributed by atoms with Crippen LogP contribution in [0.25, 0.3) is 11.2 Å². The van der Waals surface area contributed by atoms with Crippen molar-refractivity contribution in [2.75, 3.05) is 5.32 Å². The Hall–Kier alpha value is -2.90. The van der Waals surface area contributed by atoms with Crippen molar-refractivity contribution in [1.29, 1.82) is 0 Å². The smallest absolute Gasteiger partial charge is 0.296 e. The molecule has 0 spiro atoms. The molecule has 2 aliphatic rings. The summed E-state index contributed by atoms with van der Waals surface area (Å²) in [5, 5.41) is 2.83. The van der Waals surface area contributed by atoms with Crippen LogP contribution in [-0.2, 0) is 17.4 Å². The number of nitrogens with one attached hydrogen (secondary N) is 1. The lowest BCUT2D eigenvalue weighted by atomic mass is 9.76. The van der Waals surface area contributed by atoms with E-state index in [9.17, 15) is 18.0 Å². The van der Waals surface area contributed by atoms with E-state index in [1.165, 1.54) is 17.2 Å². The van der Waals surface area contributed by atoms with Gasteiger partial charge in [-0.3, -0.25) is 14.7 Å². The minimum Gasteiger partial charge on any atom is -0.296 e. The molecule has 0 radical (unpaired) electrons. The molecule has 1 N–H and O–H groups in total. The maximum absolute atomic E-state index is 13.1. The van der Waals surface area contributed by atoms with Crippen molar-refractivity contribution in [3.05, 3.63) is 53.2 Å². The Labute approximate surface area is 165 Å². The topological polar surface area (TPSA) is 59.8 Å². The van der Waals surface area contributed by atoms with Crippen molar-refractivity contribution in [2.24, 2.45) is 0 Å². The third-order valence-electron chi connectivity index (χ3n) is 5.91. The molecule has 1 atom stereocenters. The van der Waals surface area contributed by atoms with Crippen LogP contribution in [0.3, 0.4) is 0 Å². The summed E-state index contributed by atoms with van der Waals surface area (Å²) >= 11 is 0. The summed E-state index contributed by atoms with van der Waals surface area (Å²) in [4.78, 5) is 20.8. The molecule has 150 valence electrons. The Balaban J connectivity index is 1.42. The van der Waals surface area contributed by atoms with Gasteiger partial charge in [0.05, 0.1) is 0 Å².